The first-order chi connectivity index (χ1) is 5.11. The molecule has 1 heterocycles. The highest BCUT2D eigenvalue weighted by molar-refractivity contribution is 4.77. The van der Waals surface area contributed by atoms with E-state index in [2.05, 4.69) is 18.8 Å². The second-order valence-corrected chi connectivity index (χ2v) is 3.04. The molecule has 3 heteroatoms. The van der Waals surface area contributed by atoms with Gasteiger partial charge in [-0.25, -0.2) is 4.99 Å². The van der Waals surface area contributed by atoms with E-state index in [9.17, 15) is 0 Å². The summed E-state index contributed by atoms with van der Waals surface area (Å²) in [5.74, 6) is 0. The summed E-state index contributed by atoms with van der Waals surface area (Å²) in [5.41, 5.74) is 1.01. The monoisotopic (exact) mass is 153 g/mol. The van der Waals surface area contributed by atoms with E-state index in [0.29, 0.717) is 6.04 Å². The quantitative estimate of drug-likeness (QED) is 0.566. The van der Waals surface area contributed by atoms with Gasteiger partial charge in [-0.15, -0.1) is 0 Å². The van der Waals surface area contributed by atoms with Crippen molar-refractivity contribution in [3.63, 3.8) is 0 Å². The first-order valence-corrected chi connectivity index (χ1v) is 3.83. The first-order valence-electron chi connectivity index (χ1n) is 3.83. The Labute approximate surface area is 67.0 Å². The van der Waals surface area contributed by atoms with Crippen molar-refractivity contribution in [2.24, 2.45) is 19.1 Å². The van der Waals surface area contributed by atoms with Crippen LogP contribution in [0.3, 0.4) is 0 Å². The molecule has 0 atom stereocenters. The van der Waals surface area contributed by atoms with E-state index in [0.717, 1.165) is 5.62 Å². The summed E-state index contributed by atoms with van der Waals surface area (Å²) < 4.78 is 4.03. The highest BCUT2D eigenvalue weighted by atomic mass is 15.2. The summed E-state index contributed by atoms with van der Waals surface area (Å²) in [6.07, 6.45) is 4.00. The number of nitrogens with zero attached hydrogens (tertiary/aromatic N) is 3. The lowest BCUT2D eigenvalue weighted by Gasteiger charge is -1.97. The molecule has 0 amide bonds. The lowest BCUT2D eigenvalue weighted by Crippen LogP contribution is -2.23. The van der Waals surface area contributed by atoms with Gasteiger partial charge in [-0.2, -0.15) is 0 Å². The van der Waals surface area contributed by atoms with Gasteiger partial charge in [0.1, 0.15) is 0 Å². The van der Waals surface area contributed by atoms with Gasteiger partial charge in [0.25, 0.3) is 0 Å². The molecule has 11 heavy (non-hydrogen) atoms. The van der Waals surface area contributed by atoms with Gasteiger partial charge in [0.2, 0.25) is 5.62 Å². The van der Waals surface area contributed by atoms with E-state index >= 15 is 0 Å². The van der Waals surface area contributed by atoms with Crippen molar-refractivity contribution in [2.75, 3.05) is 0 Å². The molecule has 0 unspecified atom stereocenters. The minimum Gasteiger partial charge on any atom is -0.321 e. The van der Waals surface area contributed by atoms with Gasteiger partial charge in [0.05, 0.1) is 0 Å². The van der Waals surface area contributed by atoms with Gasteiger partial charge in [-0.05, 0) is 13.8 Å². The smallest absolute Gasteiger partial charge is 0.204 e. The van der Waals surface area contributed by atoms with Gasteiger partial charge < -0.3 is 9.13 Å². The standard InChI is InChI=1S/C8H15N3/c1-7(2)9-8-10(3)5-6-11(8)4/h5-7H,1-4H3. The predicted octanol–water partition coefficient (Wildman–Crippen LogP) is 0.673. The molecule has 1 rings (SSSR count). The highest BCUT2D eigenvalue weighted by Gasteiger charge is 1.93. The Morgan fingerprint density at radius 3 is 2.00 bits per heavy atom. The average molecular weight is 153 g/mol. The van der Waals surface area contributed by atoms with E-state index in [1.54, 1.807) is 0 Å². The Hall–Kier alpha value is -0.990. The normalized spacial score (nSPS) is 10.6. The van der Waals surface area contributed by atoms with Gasteiger partial charge in [0, 0.05) is 32.5 Å². The number of aromatic nitrogens is 2. The lowest BCUT2D eigenvalue weighted by atomic mass is 10.4. The summed E-state index contributed by atoms with van der Waals surface area (Å²) in [7, 11) is 4.00. The summed E-state index contributed by atoms with van der Waals surface area (Å²) in [6, 6.07) is 0.356. The van der Waals surface area contributed by atoms with Gasteiger partial charge in [-0.3, -0.25) is 0 Å². The van der Waals surface area contributed by atoms with Crippen molar-refractivity contribution in [3.05, 3.63) is 18.0 Å². The third kappa shape index (κ3) is 1.73. The first kappa shape index (κ1) is 8.11. The van der Waals surface area contributed by atoms with E-state index < -0.39 is 0 Å². The van der Waals surface area contributed by atoms with Crippen LogP contribution in [0.4, 0.5) is 0 Å². The van der Waals surface area contributed by atoms with Crippen molar-refractivity contribution < 1.29 is 0 Å². The Kier molecular flexibility index (Phi) is 2.17. The van der Waals surface area contributed by atoms with Crippen molar-refractivity contribution in [3.8, 4) is 0 Å². The molecular weight excluding hydrogens is 138 g/mol. The van der Waals surface area contributed by atoms with Crippen molar-refractivity contribution in [1.29, 1.82) is 0 Å². The number of hydrogen-bond donors (Lipinski definition) is 0. The van der Waals surface area contributed by atoms with Crippen LogP contribution in [0, 0.1) is 0 Å². The molecule has 0 spiro atoms. The Balaban J connectivity index is 3.20. The molecule has 3 nitrogen and oxygen atoms in total. The summed E-state index contributed by atoms with van der Waals surface area (Å²) >= 11 is 0. The van der Waals surface area contributed by atoms with Crippen LogP contribution in [-0.2, 0) is 14.1 Å². The van der Waals surface area contributed by atoms with Crippen LogP contribution in [0.1, 0.15) is 13.8 Å². The van der Waals surface area contributed by atoms with E-state index in [1.807, 2.05) is 35.6 Å². The minimum absolute atomic E-state index is 0.356. The Morgan fingerprint density at radius 2 is 1.64 bits per heavy atom. The predicted molar refractivity (Wildman–Crippen MR) is 45.1 cm³/mol. The number of rotatable bonds is 1. The van der Waals surface area contributed by atoms with E-state index in [1.165, 1.54) is 0 Å². The second kappa shape index (κ2) is 2.95. The number of aryl methyl sites for hydroxylation is 2. The van der Waals surface area contributed by atoms with Crippen molar-refractivity contribution in [2.45, 2.75) is 19.9 Å². The fourth-order valence-electron chi connectivity index (χ4n) is 0.995. The third-order valence-electron chi connectivity index (χ3n) is 1.52. The average Bonchev–Trinajstić information content (AvgIpc) is 2.18. The lowest BCUT2D eigenvalue weighted by molar-refractivity contribution is 0.677. The zero-order valence-corrected chi connectivity index (χ0v) is 7.57. The molecule has 0 saturated heterocycles. The molecule has 1 aromatic rings. The SMILES string of the molecule is CC(C)N=c1n(C)ccn1C. The van der Waals surface area contributed by atoms with Crippen LogP contribution in [-0.4, -0.2) is 15.2 Å². The minimum atomic E-state index is 0.356. The van der Waals surface area contributed by atoms with E-state index in [4.69, 9.17) is 0 Å². The topological polar surface area (TPSA) is 22.2 Å². The molecule has 1 aromatic heterocycles. The summed E-state index contributed by atoms with van der Waals surface area (Å²) in [6.45, 7) is 4.15. The molecular formula is C8H15N3. The maximum atomic E-state index is 4.44. The van der Waals surface area contributed by atoms with Crippen LogP contribution in [0.5, 0.6) is 0 Å². The number of hydrogen-bond acceptors (Lipinski definition) is 1. The molecule has 0 fully saturated rings. The maximum absolute atomic E-state index is 4.44. The summed E-state index contributed by atoms with van der Waals surface area (Å²) in [5, 5.41) is 0. The largest absolute Gasteiger partial charge is 0.321 e. The number of imidazole rings is 1. The molecule has 0 saturated carbocycles. The molecule has 0 radical (unpaired) electrons. The van der Waals surface area contributed by atoms with Crippen molar-refractivity contribution >= 4 is 0 Å². The second-order valence-electron chi connectivity index (χ2n) is 3.04. The molecule has 0 aliphatic carbocycles. The molecule has 62 valence electrons. The highest BCUT2D eigenvalue weighted by Crippen LogP contribution is 1.83. The van der Waals surface area contributed by atoms with Crippen LogP contribution in [0.25, 0.3) is 0 Å². The third-order valence-corrected chi connectivity index (χ3v) is 1.52. The van der Waals surface area contributed by atoms with Gasteiger partial charge >= 0.3 is 0 Å². The van der Waals surface area contributed by atoms with Crippen LogP contribution >= 0.6 is 0 Å². The molecule has 0 aromatic carbocycles. The van der Waals surface area contributed by atoms with Gasteiger partial charge in [-0.1, -0.05) is 0 Å². The Bertz CT molecular complexity index is 268. The van der Waals surface area contributed by atoms with Crippen LogP contribution in [0.2, 0.25) is 0 Å². The molecule has 0 aliphatic heterocycles. The van der Waals surface area contributed by atoms with Crippen LogP contribution < -0.4 is 5.62 Å². The maximum Gasteiger partial charge on any atom is 0.204 e. The molecule has 0 aliphatic rings. The van der Waals surface area contributed by atoms with Crippen molar-refractivity contribution in [1.82, 2.24) is 9.13 Å². The fourth-order valence-corrected chi connectivity index (χ4v) is 0.995. The zero-order chi connectivity index (χ0) is 8.43. The fraction of sp³-hybridized carbons (Fsp3) is 0.625. The Morgan fingerprint density at radius 1 is 1.18 bits per heavy atom. The zero-order valence-electron chi connectivity index (χ0n) is 7.57. The summed E-state index contributed by atoms with van der Waals surface area (Å²) in [4.78, 5) is 4.44. The van der Waals surface area contributed by atoms with E-state index in [-0.39, 0.29) is 0 Å². The molecule has 0 N–H and O–H groups in total. The van der Waals surface area contributed by atoms with Gasteiger partial charge in [0.15, 0.2) is 0 Å². The van der Waals surface area contributed by atoms with Crippen LogP contribution in [0.15, 0.2) is 17.4 Å². The molecule has 0 bridgehead atoms.